The van der Waals surface area contributed by atoms with E-state index in [1.54, 1.807) is 43.6 Å². The number of ether oxygens (including phenoxy) is 2. The summed E-state index contributed by atoms with van der Waals surface area (Å²) in [6.07, 6.45) is -2.91. The van der Waals surface area contributed by atoms with Gasteiger partial charge in [0.2, 0.25) is 0 Å². The summed E-state index contributed by atoms with van der Waals surface area (Å²) in [5, 5.41) is 7.96. The molecule has 0 saturated carbocycles. The molecule has 2 aliphatic rings. The highest BCUT2D eigenvalue weighted by Crippen LogP contribution is 2.36. The van der Waals surface area contributed by atoms with Crippen LogP contribution in [-0.4, -0.2) is 43.2 Å². The third kappa shape index (κ3) is 5.92. The first-order valence-corrected chi connectivity index (χ1v) is 12.9. The SMILES string of the molecule is COc1ccc(CNC(=O)c2cccc(CN3C=C4C(=O)N(c5ccc(F)c(C(F)(F)F)c5)N=C4CC3)c2)cc1OC. The van der Waals surface area contributed by atoms with Crippen LogP contribution in [0.2, 0.25) is 0 Å². The van der Waals surface area contributed by atoms with Crippen LogP contribution in [0.25, 0.3) is 0 Å². The second-order valence-electron chi connectivity index (χ2n) is 9.66. The average Bonchev–Trinajstić information content (AvgIpc) is 3.31. The zero-order valence-electron chi connectivity index (χ0n) is 22.7. The molecular weight excluding hydrogens is 556 g/mol. The van der Waals surface area contributed by atoms with Gasteiger partial charge in [-0.05, 0) is 53.6 Å². The first-order chi connectivity index (χ1) is 20.1. The van der Waals surface area contributed by atoms with Crippen LogP contribution in [0, 0.1) is 5.82 Å². The smallest absolute Gasteiger partial charge is 0.419 e. The van der Waals surface area contributed by atoms with Crippen molar-refractivity contribution in [1.82, 2.24) is 10.2 Å². The Bertz CT molecular complexity index is 1600. The molecule has 0 atom stereocenters. The van der Waals surface area contributed by atoms with Crippen LogP contribution in [0.5, 0.6) is 11.5 Å². The largest absolute Gasteiger partial charge is 0.493 e. The Hall–Kier alpha value is -4.87. The Balaban J connectivity index is 1.25. The second kappa shape index (κ2) is 11.6. The summed E-state index contributed by atoms with van der Waals surface area (Å²) in [5.41, 5.74) is 1.17. The first-order valence-electron chi connectivity index (χ1n) is 12.9. The Labute approximate surface area is 238 Å². The molecule has 0 aromatic heterocycles. The maximum absolute atomic E-state index is 13.7. The second-order valence-corrected chi connectivity index (χ2v) is 9.66. The van der Waals surface area contributed by atoms with E-state index in [9.17, 15) is 27.2 Å². The number of rotatable bonds is 8. The quantitative estimate of drug-likeness (QED) is 0.366. The topological polar surface area (TPSA) is 83.5 Å². The molecule has 3 aromatic rings. The Morgan fingerprint density at radius 3 is 2.52 bits per heavy atom. The molecule has 218 valence electrons. The third-order valence-electron chi connectivity index (χ3n) is 6.88. The fourth-order valence-electron chi connectivity index (χ4n) is 4.75. The van der Waals surface area contributed by atoms with Gasteiger partial charge < -0.3 is 19.7 Å². The molecule has 0 fully saturated rings. The van der Waals surface area contributed by atoms with E-state index in [4.69, 9.17) is 9.47 Å². The first kappa shape index (κ1) is 28.7. The Morgan fingerprint density at radius 1 is 1.00 bits per heavy atom. The fraction of sp³-hybridized carbons (Fsp3) is 0.233. The molecule has 0 unspecified atom stereocenters. The van der Waals surface area contributed by atoms with Crippen LogP contribution in [0.15, 0.2) is 77.5 Å². The van der Waals surface area contributed by atoms with Crippen molar-refractivity contribution in [3.8, 4) is 11.5 Å². The zero-order chi connectivity index (χ0) is 30.0. The predicted molar refractivity (Wildman–Crippen MR) is 147 cm³/mol. The number of methoxy groups -OCH3 is 2. The van der Waals surface area contributed by atoms with E-state index in [1.165, 1.54) is 7.11 Å². The van der Waals surface area contributed by atoms with Crippen molar-refractivity contribution in [1.29, 1.82) is 0 Å². The van der Waals surface area contributed by atoms with Crippen molar-refractivity contribution in [3.05, 3.63) is 101 Å². The van der Waals surface area contributed by atoms with Gasteiger partial charge in [0.15, 0.2) is 11.5 Å². The monoisotopic (exact) mass is 582 g/mol. The lowest BCUT2D eigenvalue weighted by molar-refractivity contribution is -0.140. The molecule has 42 heavy (non-hydrogen) atoms. The van der Waals surface area contributed by atoms with Gasteiger partial charge in [-0.25, -0.2) is 4.39 Å². The van der Waals surface area contributed by atoms with Crippen molar-refractivity contribution in [3.63, 3.8) is 0 Å². The summed E-state index contributed by atoms with van der Waals surface area (Å²) < 4.78 is 63.9. The molecule has 8 nitrogen and oxygen atoms in total. The molecule has 0 radical (unpaired) electrons. The number of hydrogen-bond acceptors (Lipinski definition) is 6. The zero-order valence-corrected chi connectivity index (χ0v) is 22.7. The Kier molecular flexibility index (Phi) is 7.88. The van der Waals surface area contributed by atoms with Crippen molar-refractivity contribution in [2.45, 2.75) is 25.7 Å². The molecule has 0 bridgehead atoms. The number of carbonyl (C=O) groups is 2. The molecule has 5 rings (SSSR count). The lowest BCUT2D eigenvalue weighted by Crippen LogP contribution is -2.29. The molecule has 2 amide bonds. The molecule has 12 heteroatoms. The van der Waals surface area contributed by atoms with E-state index in [1.807, 2.05) is 17.0 Å². The van der Waals surface area contributed by atoms with Crippen LogP contribution in [0.1, 0.15) is 33.5 Å². The summed E-state index contributed by atoms with van der Waals surface area (Å²) in [5.74, 6) is -1.15. The third-order valence-corrected chi connectivity index (χ3v) is 6.88. The molecular formula is C30H26F4N4O4. The van der Waals surface area contributed by atoms with Gasteiger partial charge in [0, 0.05) is 37.8 Å². The van der Waals surface area contributed by atoms with Gasteiger partial charge in [0.1, 0.15) is 5.82 Å². The lowest BCUT2D eigenvalue weighted by Gasteiger charge is -2.25. The van der Waals surface area contributed by atoms with Gasteiger partial charge in [0.25, 0.3) is 11.8 Å². The predicted octanol–water partition coefficient (Wildman–Crippen LogP) is 5.28. The van der Waals surface area contributed by atoms with Crippen LogP contribution in [0.3, 0.4) is 0 Å². The minimum Gasteiger partial charge on any atom is -0.493 e. The van der Waals surface area contributed by atoms with Crippen molar-refractivity contribution < 1.29 is 36.6 Å². The van der Waals surface area contributed by atoms with Crippen LogP contribution >= 0.6 is 0 Å². The number of halogens is 4. The summed E-state index contributed by atoms with van der Waals surface area (Å²) in [6.45, 7) is 1.16. The van der Waals surface area contributed by atoms with E-state index < -0.39 is 23.5 Å². The van der Waals surface area contributed by atoms with Crippen LogP contribution in [0.4, 0.5) is 23.2 Å². The van der Waals surface area contributed by atoms with Crippen molar-refractivity contribution >= 4 is 23.2 Å². The highest BCUT2D eigenvalue weighted by Gasteiger charge is 2.38. The number of carbonyl (C=O) groups excluding carboxylic acids is 2. The molecule has 1 N–H and O–H groups in total. The molecule has 0 aliphatic carbocycles. The fourth-order valence-corrected chi connectivity index (χ4v) is 4.75. The Morgan fingerprint density at radius 2 is 1.79 bits per heavy atom. The number of nitrogens with one attached hydrogen (secondary N) is 1. The minimum atomic E-state index is -4.91. The molecule has 2 aliphatic heterocycles. The number of nitrogens with zero attached hydrogens (tertiary/aromatic N) is 3. The van der Waals surface area contributed by atoms with Crippen LogP contribution in [-0.2, 0) is 24.1 Å². The summed E-state index contributed by atoms with van der Waals surface area (Å²) in [6, 6.07) is 14.8. The van der Waals surface area contributed by atoms with Gasteiger partial charge in [-0.1, -0.05) is 18.2 Å². The van der Waals surface area contributed by atoms with Gasteiger partial charge in [-0.3, -0.25) is 9.59 Å². The standard InChI is InChI=1S/C30H26F4N4O4/c1-41-26-9-6-18(13-27(26)42-2)15-35-28(39)20-5-3-4-19(12-20)16-37-11-10-25-22(17-37)29(40)38(36-25)21-7-8-24(31)23(14-21)30(32,33)34/h3-9,12-14,17H,10-11,15-16H2,1-2H3,(H,35,39). The van der Waals surface area contributed by atoms with Crippen molar-refractivity contribution in [2.75, 3.05) is 25.8 Å². The maximum Gasteiger partial charge on any atom is 0.419 e. The number of alkyl halides is 3. The number of hydrazone groups is 1. The number of benzene rings is 3. The highest BCUT2D eigenvalue weighted by molar-refractivity contribution is 6.30. The average molecular weight is 583 g/mol. The number of amides is 2. The molecule has 0 spiro atoms. The van der Waals surface area contributed by atoms with Gasteiger partial charge >= 0.3 is 6.18 Å². The molecule has 2 heterocycles. The van der Waals surface area contributed by atoms with Gasteiger partial charge in [0.05, 0.1) is 36.8 Å². The minimum absolute atomic E-state index is 0.171. The summed E-state index contributed by atoms with van der Waals surface area (Å²) in [4.78, 5) is 27.8. The highest BCUT2D eigenvalue weighted by atomic mass is 19.4. The van der Waals surface area contributed by atoms with Gasteiger partial charge in [-0.15, -0.1) is 0 Å². The van der Waals surface area contributed by atoms with E-state index in [0.29, 0.717) is 54.4 Å². The van der Waals surface area contributed by atoms with Gasteiger partial charge in [-0.2, -0.15) is 23.3 Å². The van der Waals surface area contributed by atoms with E-state index >= 15 is 0 Å². The van der Waals surface area contributed by atoms with Crippen LogP contribution < -0.4 is 19.8 Å². The summed E-state index contributed by atoms with van der Waals surface area (Å²) in [7, 11) is 3.08. The van der Waals surface area contributed by atoms with E-state index in [0.717, 1.165) is 22.2 Å². The summed E-state index contributed by atoms with van der Waals surface area (Å²) >= 11 is 0. The number of hydrogen-bond donors (Lipinski definition) is 1. The normalized spacial score (nSPS) is 14.8. The number of fused-ring (bicyclic) bond motifs is 1. The van der Waals surface area contributed by atoms with Crippen molar-refractivity contribution in [2.24, 2.45) is 5.10 Å². The lowest BCUT2D eigenvalue weighted by atomic mass is 10.0. The molecule has 0 saturated heterocycles. The number of anilines is 1. The van der Waals surface area contributed by atoms with E-state index in [-0.39, 0.29) is 23.7 Å². The van der Waals surface area contributed by atoms with E-state index in [2.05, 4.69) is 10.4 Å². The maximum atomic E-state index is 13.7. The molecule has 3 aromatic carbocycles.